The van der Waals surface area contributed by atoms with Gasteiger partial charge in [-0.25, -0.2) is 9.59 Å². The van der Waals surface area contributed by atoms with Crippen LogP contribution in [0.1, 0.15) is 53.4 Å². The molecule has 0 aromatic rings. The van der Waals surface area contributed by atoms with Crippen molar-refractivity contribution in [2.24, 2.45) is 0 Å². The summed E-state index contributed by atoms with van der Waals surface area (Å²) in [6.07, 6.45) is 3.70. The molecule has 0 heterocycles. The number of hydrogen-bond donors (Lipinski definition) is 4. The molecule has 22 heavy (non-hydrogen) atoms. The van der Waals surface area contributed by atoms with Crippen molar-refractivity contribution in [3.05, 3.63) is 24.3 Å². The van der Waals surface area contributed by atoms with E-state index >= 15 is 0 Å². The largest absolute Gasteiger partial charge is 0.478 e. The molecule has 0 fully saturated rings. The molecular weight excluding hydrogens is 288 g/mol. The van der Waals surface area contributed by atoms with Crippen molar-refractivity contribution >= 4 is 11.9 Å². The van der Waals surface area contributed by atoms with Crippen molar-refractivity contribution in [1.82, 2.24) is 0 Å². The van der Waals surface area contributed by atoms with E-state index in [1.807, 2.05) is 13.8 Å². The van der Waals surface area contributed by atoms with Crippen LogP contribution in [-0.4, -0.2) is 44.6 Å². The Labute approximate surface area is 132 Å². The second-order valence-corrected chi connectivity index (χ2v) is 5.52. The minimum atomic E-state index is -0.935. The van der Waals surface area contributed by atoms with E-state index in [-0.39, 0.29) is 17.8 Å². The van der Waals surface area contributed by atoms with Gasteiger partial charge in [-0.3, -0.25) is 0 Å². The molecule has 0 aromatic carbocycles. The van der Waals surface area contributed by atoms with Gasteiger partial charge in [0.25, 0.3) is 0 Å². The van der Waals surface area contributed by atoms with Gasteiger partial charge in [0.2, 0.25) is 0 Å². The lowest BCUT2D eigenvalue weighted by Crippen LogP contribution is -2.17. The summed E-state index contributed by atoms with van der Waals surface area (Å²) >= 11 is 0. The third kappa shape index (κ3) is 31.0. The molecule has 0 atom stereocenters. The van der Waals surface area contributed by atoms with E-state index in [0.29, 0.717) is 0 Å². The average molecular weight is 318 g/mol. The monoisotopic (exact) mass is 318 g/mol. The summed E-state index contributed by atoms with van der Waals surface area (Å²) in [5.41, 5.74) is -0.180. The zero-order valence-electron chi connectivity index (χ0n) is 14.1. The van der Waals surface area contributed by atoms with Gasteiger partial charge in [0.15, 0.2) is 0 Å². The predicted molar refractivity (Wildman–Crippen MR) is 86.8 cm³/mol. The average Bonchev–Trinajstić information content (AvgIpc) is 2.34. The second kappa shape index (κ2) is 14.3. The molecule has 0 aliphatic carbocycles. The Balaban J connectivity index is -0.000000261. The van der Waals surface area contributed by atoms with Crippen LogP contribution in [0.5, 0.6) is 0 Å². The molecule has 0 unspecified atom stereocenters. The van der Waals surface area contributed by atoms with E-state index in [2.05, 4.69) is 13.2 Å². The Morgan fingerprint density at radius 2 is 1.23 bits per heavy atom. The Morgan fingerprint density at radius 3 is 1.41 bits per heavy atom. The van der Waals surface area contributed by atoms with Gasteiger partial charge < -0.3 is 20.4 Å². The van der Waals surface area contributed by atoms with Crippen LogP contribution in [0.25, 0.3) is 0 Å². The summed E-state index contributed by atoms with van der Waals surface area (Å²) in [6, 6.07) is 0. The number of aliphatic hydroxyl groups excluding tert-OH is 1. The molecule has 130 valence electrons. The Bertz CT molecular complexity index is 304. The molecule has 0 spiro atoms. The fourth-order valence-electron chi connectivity index (χ4n) is 0.846. The highest BCUT2D eigenvalue weighted by atomic mass is 16.4. The molecule has 0 aromatic heterocycles. The lowest BCUT2D eigenvalue weighted by molar-refractivity contribution is -0.133. The number of carboxylic acid groups (broad SMARTS) is 2. The van der Waals surface area contributed by atoms with Crippen molar-refractivity contribution in [3.8, 4) is 0 Å². The van der Waals surface area contributed by atoms with Crippen molar-refractivity contribution in [1.29, 1.82) is 0 Å². The summed E-state index contributed by atoms with van der Waals surface area (Å²) in [4.78, 5) is 19.2. The van der Waals surface area contributed by atoms with Crippen LogP contribution in [0, 0.1) is 0 Å². The number of rotatable bonds is 7. The number of aliphatic carboxylic acids is 2. The summed E-state index contributed by atoms with van der Waals surface area (Å²) in [6.45, 7) is 13.1. The number of carboxylic acids is 2. The predicted octanol–water partition coefficient (Wildman–Crippen LogP) is 2.60. The van der Waals surface area contributed by atoms with E-state index < -0.39 is 17.5 Å². The van der Waals surface area contributed by atoms with Gasteiger partial charge in [-0.05, 0) is 40.5 Å². The quantitative estimate of drug-likeness (QED) is 0.423. The lowest BCUT2D eigenvalue weighted by Gasteiger charge is -2.15. The Kier molecular flexibility index (Phi) is 16.4. The third-order valence-electron chi connectivity index (χ3n) is 2.18. The molecule has 0 radical (unpaired) electrons. The van der Waals surface area contributed by atoms with E-state index in [0.717, 1.165) is 25.7 Å². The zero-order valence-corrected chi connectivity index (χ0v) is 14.1. The number of aliphatic hydroxyl groups is 2. The maximum Gasteiger partial charge on any atom is 0.330 e. The molecule has 0 rings (SSSR count). The van der Waals surface area contributed by atoms with Crippen molar-refractivity contribution in [2.45, 2.75) is 59.0 Å². The van der Waals surface area contributed by atoms with Crippen LogP contribution in [0.3, 0.4) is 0 Å². The highest BCUT2D eigenvalue weighted by Gasteiger charge is 2.10. The summed E-state index contributed by atoms with van der Waals surface area (Å²) in [5, 5.41) is 33.5. The van der Waals surface area contributed by atoms with Gasteiger partial charge in [0.05, 0.1) is 5.60 Å². The van der Waals surface area contributed by atoms with Gasteiger partial charge in [-0.15, -0.1) is 0 Å². The minimum Gasteiger partial charge on any atom is -0.478 e. The van der Waals surface area contributed by atoms with Crippen LogP contribution in [0.15, 0.2) is 24.3 Å². The van der Waals surface area contributed by atoms with Crippen LogP contribution < -0.4 is 0 Å². The Morgan fingerprint density at radius 1 is 0.909 bits per heavy atom. The van der Waals surface area contributed by atoms with E-state index in [4.69, 9.17) is 15.3 Å². The van der Waals surface area contributed by atoms with Crippen molar-refractivity contribution in [3.63, 3.8) is 0 Å². The van der Waals surface area contributed by atoms with Gasteiger partial charge in [-0.1, -0.05) is 26.0 Å². The molecule has 4 N–H and O–H groups in total. The normalized spacial score (nSPS) is 9.55. The smallest absolute Gasteiger partial charge is 0.330 e. The summed E-state index contributed by atoms with van der Waals surface area (Å²) in [7, 11) is 0. The van der Waals surface area contributed by atoms with E-state index in [1.165, 1.54) is 13.8 Å². The molecule has 0 aliphatic rings. The topological polar surface area (TPSA) is 115 Å². The summed E-state index contributed by atoms with van der Waals surface area (Å²) < 4.78 is 0. The van der Waals surface area contributed by atoms with Gasteiger partial charge >= 0.3 is 11.9 Å². The lowest BCUT2D eigenvalue weighted by atomic mass is 10.0. The minimum absolute atomic E-state index is 0.176. The fourth-order valence-corrected chi connectivity index (χ4v) is 0.846. The van der Waals surface area contributed by atoms with Crippen LogP contribution in [0.4, 0.5) is 0 Å². The van der Waals surface area contributed by atoms with Gasteiger partial charge in [-0.2, -0.15) is 0 Å². The SMILES string of the molecule is C=C(C)C(=O)O.C=C(C)C(=O)O.CC(C)(O)CCCCCO. The first kappa shape index (κ1) is 25.3. The van der Waals surface area contributed by atoms with Gasteiger partial charge in [0.1, 0.15) is 0 Å². The molecular formula is C16H30O6. The first-order valence-corrected chi connectivity index (χ1v) is 6.96. The molecule has 0 bridgehead atoms. The third-order valence-corrected chi connectivity index (χ3v) is 2.18. The molecule has 0 aliphatic heterocycles. The standard InChI is InChI=1S/C8H18O2.2C4H6O2/c1-8(2,10)6-4-3-5-7-9;2*1-3(2)4(5)6/h9-10H,3-7H2,1-2H3;2*1H2,2H3,(H,5,6). The van der Waals surface area contributed by atoms with Gasteiger partial charge in [0, 0.05) is 17.8 Å². The van der Waals surface area contributed by atoms with E-state index in [9.17, 15) is 14.7 Å². The first-order valence-electron chi connectivity index (χ1n) is 6.96. The van der Waals surface area contributed by atoms with Crippen molar-refractivity contribution < 1.29 is 30.0 Å². The van der Waals surface area contributed by atoms with Crippen LogP contribution >= 0.6 is 0 Å². The fraction of sp³-hybridized carbons (Fsp3) is 0.625. The maximum atomic E-state index is 9.60. The first-order chi connectivity index (χ1) is 9.85. The molecule has 0 saturated carbocycles. The molecule has 0 saturated heterocycles. The molecule has 0 amide bonds. The molecule has 6 heteroatoms. The Hall–Kier alpha value is -1.66. The number of unbranched alkanes of at least 4 members (excludes halogenated alkanes) is 2. The number of hydrogen-bond acceptors (Lipinski definition) is 4. The van der Waals surface area contributed by atoms with Crippen LogP contribution in [-0.2, 0) is 9.59 Å². The second-order valence-electron chi connectivity index (χ2n) is 5.52. The molecule has 6 nitrogen and oxygen atoms in total. The van der Waals surface area contributed by atoms with Crippen molar-refractivity contribution in [2.75, 3.05) is 6.61 Å². The zero-order chi connectivity index (χ0) is 18.3. The summed E-state index contributed by atoms with van der Waals surface area (Å²) in [5.74, 6) is -1.87. The van der Waals surface area contributed by atoms with Crippen LogP contribution in [0.2, 0.25) is 0 Å². The highest BCUT2D eigenvalue weighted by Crippen LogP contribution is 2.12. The maximum absolute atomic E-state index is 9.60. The highest BCUT2D eigenvalue weighted by molar-refractivity contribution is 5.85. The number of carbonyl (C=O) groups is 2. The van der Waals surface area contributed by atoms with E-state index in [1.54, 1.807) is 0 Å².